The number of halogens is 2. The van der Waals surface area contributed by atoms with Gasteiger partial charge in [0.2, 0.25) is 0 Å². The molecule has 0 saturated carbocycles. The van der Waals surface area contributed by atoms with Crippen molar-refractivity contribution in [2.45, 2.75) is 70.7 Å². The predicted molar refractivity (Wildman–Crippen MR) is 176 cm³/mol. The number of esters is 1. The Balaban J connectivity index is 1.86. The highest BCUT2D eigenvalue weighted by atomic mass is 19.1. The number of methoxy groups -OCH3 is 2. The summed E-state index contributed by atoms with van der Waals surface area (Å²) in [7, 11) is 2.81. The summed E-state index contributed by atoms with van der Waals surface area (Å²) in [6.45, 7) is 5.75. The van der Waals surface area contributed by atoms with Crippen LogP contribution < -0.4 is 10.1 Å². The molecular formula is C37H42F2N2O6. The van der Waals surface area contributed by atoms with E-state index >= 15 is 0 Å². The molecule has 0 bridgehead atoms. The Morgan fingerprint density at radius 3 is 1.87 bits per heavy atom. The molecule has 0 aliphatic heterocycles. The minimum Gasteiger partial charge on any atom is -0.497 e. The van der Waals surface area contributed by atoms with Crippen LogP contribution in [0, 0.1) is 11.6 Å². The van der Waals surface area contributed by atoms with Crippen molar-refractivity contribution in [1.82, 2.24) is 9.88 Å². The van der Waals surface area contributed by atoms with Crippen molar-refractivity contribution < 1.29 is 38.1 Å². The van der Waals surface area contributed by atoms with Gasteiger partial charge in [-0.05, 0) is 93.1 Å². The molecule has 0 aliphatic carbocycles. The number of hydrogen-bond acceptors (Lipinski definition) is 6. The Morgan fingerprint density at radius 2 is 1.36 bits per heavy atom. The van der Waals surface area contributed by atoms with Crippen molar-refractivity contribution in [3.05, 3.63) is 101 Å². The number of ether oxygens (including phenoxy) is 2. The number of amides is 1. The number of nitrogens with one attached hydrogen (secondary N) is 1. The van der Waals surface area contributed by atoms with E-state index in [0.717, 1.165) is 5.56 Å². The SMILES string of the molecule is COC(=O)CC(O)CC(O)CCc1c(-c2ccc(F)cc2)c(-c2ccc(F)cc2)c(C(=O)NC(C)c2ccc(OC)cc2)n1C(C)C. The zero-order valence-electron chi connectivity index (χ0n) is 27.3. The van der Waals surface area contributed by atoms with Gasteiger partial charge in [-0.25, -0.2) is 8.78 Å². The van der Waals surface area contributed by atoms with E-state index in [4.69, 9.17) is 4.74 Å². The summed E-state index contributed by atoms with van der Waals surface area (Å²) in [5.74, 6) is -1.13. The van der Waals surface area contributed by atoms with E-state index in [-0.39, 0.29) is 43.7 Å². The molecule has 3 unspecified atom stereocenters. The van der Waals surface area contributed by atoms with Gasteiger partial charge in [-0.2, -0.15) is 0 Å². The Bertz CT molecular complexity index is 1650. The number of aliphatic hydroxyl groups excluding tert-OH is 2. The second kappa shape index (κ2) is 15.8. The number of benzene rings is 3. The lowest BCUT2D eigenvalue weighted by atomic mass is 9.92. The minimum absolute atomic E-state index is 0.0547. The quantitative estimate of drug-likeness (QED) is 0.130. The summed E-state index contributed by atoms with van der Waals surface area (Å²) in [4.78, 5) is 26.0. The maximum Gasteiger partial charge on any atom is 0.308 e. The van der Waals surface area contributed by atoms with E-state index in [1.165, 1.54) is 31.4 Å². The van der Waals surface area contributed by atoms with Gasteiger partial charge in [0, 0.05) is 22.9 Å². The van der Waals surface area contributed by atoms with E-state index in [0.29, 0.717) is 39.4 Å². The standard InChI is InChI=1S/C37H42F2N2O6/c1-22(2)41-32(19-16-29(42)20-30(43)21-33(44)47-5)34(25-6-12-27(38)13-7-25)35(26-8-14-28(39)15-9-26)36(41)37(45)40-23(3)24-10-17-31(46-4)18-11-24/h6-15,17-18,22-23,29-30,42-43H,16,19-21H2,1-5H3,(H,40,45). The van der Waals surface area contributed by atoms with Crippen molar-refractivity contribution in [3.63, 3.8) is 0 Å². The molecule has 47 heavy (non-hydrogen) atoms. The lowest BCUT2D eigenvalue weighted by Gasteiger charge is -2.21. The van der Waals surface area contributed by atoms with Crippen molar-refractivity contribution in [3.8, 4) is 28.0 Å². The highest BCUT2D eigenvalue weighted by Gasteiger charge is 2.31. The zero-order chi connectivity index (χ0) is 34.2. The van der Waals surface area contributed by atoms with Gasteiger partial charge in [0.25, 0.3) is 5.91 Å². The summed E-state index contributed by atoms with van der Waals surface area (Å²) < 4.78 is 40.1. The topological polar surface area (TPSA) is 110 Å². The van der Waals surface area contributed by atoms with Crippen LogP contribution in [-0.4, -0.2) is 53.1 Å². The van der Waals surface area contributed by atoms with Gasteiger partial charge in [0.05, 0.1) is 38.9 Å². The first-order valence-corrected chi connectivity index (χ1v) is 15.6. The Kier molecular flexibility index (Phi) is 11.9. The molecule has 0 fully saturated rings. The zero-order valence-corrected chi connectivity index (χ0v) is 27.3. The Morgan fingerprint density at radius 1 is 0.809 bits per heavy atom. The summed E-state index contributed by atoms with van der Waals surface area (Å²) in [6, 6.07) is 18.5. The van der Waals surface area contributed by atoms with Crippen LogP contribution in [0.15, 0.2) is 72.8 Å². The number of rotatable bonds is 14. The molecule has 0 aliphatic rings. The Hall–Kier alpha value is -4.54. The fourth-order valence-corrected chi connectivity index (χ4v) is 5.84. The summed E-state index contributed by atoms with van der Waals surface area (Å²) in [5.41, 5.74) is 4.31. The van der Waals surface area contributed by atoms with Crippen molar-refractivity contribution in [2.75, 3.05) is 14.2 Å². The molecule has 1 heterocycles. The van der Waals surface area contributed by atoms with Crippen LogP contribution in [0.4, 0.5) is 8.78 Å². The first-order valence-electron chi connectivity index (χ1n) is 15.6. The van der Waals surface area contributed by atoms with Gasteiger partial charge in [0.15, 0.2) is 0 Å². The number of carbonyl (C=O) groups excluding carboxylic acids is 2. The van der Waals surface area contributed by atoms with Crippen molar-refractivity contribution >= 4 is 11.9 Å². The van der Waals surface area contributed by atoms with Gasteiger partial charge in [-0.3, -0.25) is 9.59 Å². The van der Waals surface area contributed by atoms with Crippen LogP contribution in [0.25, 0.3) is 22.3 Å². The molecule has 0 radical (unpaired) electrons. The molecule has 1 amide bonds. The molecule has 3 aromatic carbocycles. The van der Waals surface area contributed by atoms with E-state index in [1.807, 2.05) is 49.6 Å². The first kappa shape index (κ1) is 35.3. The number of carbonyl (C=O) groups is 2. The van der Waals surface area contributed by atoms with Crippen LogP contribution in [0.5, 0.6) is 5.75 Å². The van der Waals surface area contributed by atoms with Crippen LogP contribution in [0.3, 0.4) is 0 Å². The molecule has 250 valence electrons. The number of nitrogens with zero attached hydrogens (tertiary/aromatic N) is 1. The molecule has 8 nitrogen and oxygen atoms in total. The van der Waals surface area contributed by atoms with Crippen LogP contribution in [-0.2, 0) is 16.0 Å². The van der Waals surface area contributed by atoms with Gasteiger partial charge >= 0.3 is 5.97 Å². The fourth-order valence-electron chi connectivity index (χ4n) is 5.84. The first-order chi connectivity index (χ1) is 22.4. The highest BCUT2D eigenvalue weighted by Crippen LogP contribution is 2.43. The molecule has 4 aromatic rings. The molecule has 10 heteroatoms. The van der Waals surface area contributed by atoms with Crippen molar-refractivity contribution in [1.29, 1.82) is 0 Å². The van der Waals surface area contributed by atoms with Gasteiger partial charge in [-0.15, -0.1) is 0 Å². The number of aliphatic hydroxyl groups is 2. The summed E-state index contributed by atoms with van der Waals surface area (Å²) in [6.07, 6.45) is -1.92. The monoisotopic (exact) mass is 648 g/mol. The van der Waals surface area contributed by atoms with E-state index < -0.39 is 29.8 Å². The van der Waals surface area contributed by atoms with Crippen LogP contribution >= 0.6 is 0 Å². The average Bonchev–Trinajstić information content (AvgIpc) is 3.39. The maximum absolute atomic E-state index is 14.4. The number of hydrogen-bond donors (Lipinski definition) is 3. The predicted octanol–water partition coefficient (Wildman–Crippen LogP) is 6.79. The molecule has 1 aromatic heterocycles. The molecule has 3 atom stereocenters. The molecule has 0 saturated heterocycles. The average molecular weight is 649 g/mol. The third-order valence-corrected chi connectivity index (χ3v) is 8.16. The van der Waals surface area contributed by atoms with Crippen LogP contribution in [0.2, 0.25) is 0 Å². The highest BCUT2D eigenvalue weighted by molar-refractivity contribution is 6.05. The third kappa shape index (κ3) is 8.64. The van der Waals surface area contributed by atoms with Gasteiger partial charge < -0.3 is 29.6 Å². The largest absolute Gasteiger partial charge is 0.497 e. The van der Waals surface area contributed by atoms with E-state index in [2.05, 4.69) is 10.1 Å². The van der Waals surface area contributed by atoms with E-state index in [9.17, 15) is 28.6 Å². The van der Waals surface area contributed by atoms with Gasteiger partial charge in [-0.1, -0.05) is 36.4 Å². The number of aromatic nitrogens is 1. The normalized spacial score (nSPS) is 13.2. The molecule has 0 spiro atoms. The van der Waals surface area contributed by atoms with E-state index in [1.54, 1.807) is 31.4 Å². The third-order valence-electron chi connectivity index (χ3n) is 8.16. The summed E-state index contributed by atoms with van der Waals surface area (Å²) in [5, 5.41) is 24.4. The lowest BCUT2D eigenvalue weighted by Crippen LogP contribution is -2.30. The minimum atomic E-state index is -1.10. The summed E-state index contributed by atoms with van der Waals surface area (Å²) >= 11 is 0. The smallest absolute Gasteiger partial charge is 0.308 e. The van der Waals surface area contributed by atoms with Gasteiger partial charge in [0.1, 0.15) is 23.1 Å². The second-order valence-corrected chi connectivity index (χ2v) is 11.9. The fraction of sp³-hybridized carbons (Fsp3) is 0.351. The maximum atomic E-state index is 14.4. The molecule has 3 N–H and O–H groups in total. The second-order valence-electron chi connectivity index (χ2n) is 11.9. The molecular weight excluding hydrogens is 606 g/mol. The Labute approximate surface area is 274 Å². The van der Waals surface area contributed by atoms with Crippen LogP contribution in [0.1, 0.15) is 73.9 Å². The van der Waals surface area contributed by atoms with Crippen molar-refractivity contribution in [2.24, 2.45) is 0 Å². The molecule has 4 rings (SSSR count). The lowest BCUT2D eigenvalue weighted by molar-refractivity contribution is -0.143.